The summed E-state index contributed by atoms with van der Waals surface area (Å²) < 4.78 is 5.35. The Morgan fingerprint density at radius 1 is 1.17 bits per heavy atom. The lowest BCUT2D eigenvalue weighted by Crippen LogP contribution is -2.44. The lowest BCUT2D eigenvalue weighted by Gasteiger charge is -2.26. The van der Waals surface area contributed by atoms with Crippen molar-refractivity contribution in [2.24, 2.45) is 5.10 Å². The molecule has 1 saturated carbocycles. The average Bonchev–Trinajstić information content (AvgIpc) is 2.71. The Morgan fingerprint density at radius 2 is 1.90 bits per heavy atom. The van der Waals surface area contributed by atoms with Gasteiger partial charge in [0.15, 0.2) is 6.10 Å². The van der Waals surface area contributed by atoms with Crippen LogP contribution < -0.4 is 10.3 Å². The van der Waals surface area contributed by atoms with Crippen LogP contribution in [0.5, 0.6) is 0 Å². The summed E-state index contributed by atoms with van der Waals surface area (Å²) in [5.41, 5.74) is 2.70. The molecule has 156 valence electrons. The lowest BCUT2D eigenvalue weighted by molar-refractivity contribution is -0.149. The fourth-order valence-electron chi connectivity index (χ4n) is 3.68. The Hall–Kier alpha value is -2.70. The van der Waals surface area contributed by atoms with Gasteiger partial charge in [-0.25, -0.2) is 4.79 Å². The zero-order valence-electron chi connectivity index (χ0n) is 17.4. The van der Waals surface area contributed by atoms with Crippen LogP contribution in [0, 0.1) is 13.8 Å². The van der Waals surface area contributed by atoms with Gasteiger partial charge in [-0.2, -0.15) is 10.1 Å². The summed E-state index contributed by atoms with van der Waals surface area (Å²) in [6.07, 6.45) is 4.82. The molecule has 1 aromatic carbocycles. The number of aryl methyl sites for hydroxylation is 2. The van der Waals surface area contributed by atoms with Gasteiger partial charge in [-0.05, 0) is 50.8 Å². The van der Waals surface area contributed by atoms with Gasteiger partial charge in [-0.3, -0.25) is 9.59 Å². The van der Waals surface area contributed by atoms with Gasteiger partial charge in [0.25, 0.3) is 5.91 Å². The van der Waals surface area contributed by atoms with Gasteiger partial charge in [0.1, 0.15) is 5.71 Å². The molecule has 1 aliphatic carbocycles. The Labute approximate surface area is 171 Å². The zero-order chi connectivity index (χ0) is 21.0. The van der Waals surface area contributed by atoms with Crippen molar-refractivity contribution in [3.8, 4) is 0 Å². The smallest absolute Gasteiger partial charge is 0.355 e. The second-order valence-corrected chi connectivity index (χ2v) is 7.93. The van der Waals surface area contributed by atoms with Gasteiger partial charge in [-0.15, -0.1) is 0 Å². The minimum atomic E-state index is -0.904. The van der Waals surface area contributed by atoms with Crippen LogP contribution >= 0.6 is 0 Å². The molecular formula is C22H29N3O4. The summed E-state index contributed by atoms with van der Waals surface area (Å²) >= 11 is 0. The van der Waals surface area contributed by atoms with E-state index in [0.717, 1.165) is 36.8 Å². The topological polar surface area (TPSA) is 88.1 Å². The maximum Gasteiger partial charge on any atom is 0.355 e. The first kappa shape index (κ1) is 21.0. The molecule has 29 heavy (non-hydrogen) atoms. The summed E-state index contributed by atoms with van der Waals surface area (Å²) in [5, 5.41) is 8.49. The van der Waals surface area contributed by atoms with Crippen LogP contribution in [0.15, 0.2) is 23.3 Å². The van der Waals surface area contributed by atoms with Crippen molar-refractivity contribution in [2.45, 2.75) is 77.9 Å². The second-order valence-electron chi connectivity index (χ2n) is 7.93. The number of carbonyl (C=O) groups is 3. The van der Waals surface area contributed by atoms with Crippen molar-refractivity contribution in [1.82, 2.24) is 5.32 Å². The molecule has 0 saturated heterocycles. The Morgan fingerprint density at radius 3 is 2.62 bits per heavy atom. The fraction of sp³-hybridized carbons (Fsp3) is 0.545. The molecule has 0 spiro atoms. The number of hydrogen-bond donors (Lipinski definition) is 1. The molecule has 1 aromatic rings. The molecule has 1 aliphatic heterocycles. The number of hydrogen-bond acceptors (Lipinski definition) is 5. The van der Waals surface area contributed by atoms with E-state index in [9.17, 15) is 14.4 Å². The molecule has 0 bridgehead atoms. The van der Waals surface area contributed by atoms with E-state index in [1.165, 1.54) is 11.4 Å². The zero-order valence-corrected chi connectivity index (χ0v) is 17.4. The Kier molecular flexibility index (Phi) is 6.67. The number of ether oxygens (including phenoxy) is 1. The third kappa shape index (κ3) is 5.22. The Balaban J connectivity index is 1.67. The minimum Gasteiger partial charge on any atom is -0.448 e. The van der Waals surface area contributed by atoms with Crippen LogP contribution in [0.1, 0.15) is 63.0 Å². The highest BCUT2D eigenvalue weighted by Gasteiger charge is 2.30. The fourth-order valence-corrected chi connectivity index (χ4v) is 3.68. The molecule has 7 nitrogen and oxygen atoms in total. The molecule has 1 heterocycles. The number of carbonyl (C=O) groups excluding carboxylic acids is 3. The maximum absolute atomic E-state index is 12.6. The molecule has 0 aromatic heterocycles. The van der Waals surface area contributed by atoms with Gasteiger partial charge in [0, 0.05) is 18.9 Å². The maximum atomic E-state index is 12.6. The molecule has 2 aliphatic rings. The third-order valence-corrected chi connectivity index (χ3v) is 5.47. The predicted molar refractivity (Wildman–Crippen MR) is 111 cm³/mol. The average molecular weight is 399 g/mol. The summed E-state index contributed by atoms with van der Waals surface area (Å²) in [4.78, 5) is 37.3. The minimum absolute atomic E-state index is 0.154. The number of nitrogens with zero attached hydrogens (tertiary/aromatic N) is 2. The van der Waals surface area contributed by atoms with E-state index in [0.29, 0.717) is 5.69 Å². The van der Waals surface area contributed by atoms with Crippen molar-refractivity contribution < 1.29 is 19.1 Å². The van der Waals surface area contributed by atoms with Gasteiger partial charge in [0.05, 0.1) is 5.69 Å². The number of amides is 2. The van der Waals surface area contributed by atoms with Gasteiger partial charge < -0.3 is 10.1 Å². The number of anilines is 1. The lowest BCUT2D eigenvalue weighted by atomic mass is 9.95. The number of hydrazone groups is 1. The molecule has 1 N–H and O–H groups in total. The number of esters is 1. The molecule has 1 atom stereocenters. The van der Waals surface area contributed by atoms with E-state index in [1.54, 1.807) is 6.92 Å². The number of benzene rings is 1. The van der Waals surface area contributed by atoms with Crippen LogP contribution in [0.2, 0.25) is 0 Å². The first-order valence-electron chi connectivity index (χ1n) is 10.3. The van der Waals surface area contributed by atoms with E-state index in [1.807, 2.05) is 32.0 Å². The molecule has 1 fully saturated rings. The Bertz CT molecular complexity index is 827. The van der Waals surface area contributed by atoms with Crippen LogP contribution in [0.4, 0.5) is 5.69 Å². The van der Waals surface area contributed by atoms with Crippen molar-refractivity contribution >= 4 is 29.2 Å². The van der Waals surface area contributed by atoms with Crippen molar-refractivity contribution in [3.05, 3.63) is 29.3 Å². The van der Waals surface area contributed by atoms with Crippen LogP contribution in [0.3, 0.4) is 0 Å². The van der Waals surface area contributed by atoms with Crippen molar-refractivity contribution in [2.75, 3.05) is 5.01 Å². The van der Waals surface area contributed by atoms with E-state index < -0.39 is 12.1 Å². The SMILES string of the molecule is Cc1ccc(C)c(N2N=C(C(=O)OC(C)C(=O)NC3CCCCC3)CCC2=O)c1. The molecule has 3 rings (SSSR count). The highest BCUT2D eigenvalue weighted by molar-refractivity contribution is 6.38. The highest BCUT2D eigenvalue weighted by atomic mass is 16.5. The first-order valence-corrected chi connectivity index (χ1v) is 10.3. The molecule has 0 radical (unpaired) electrons. The van der Waals surface area contributed by atoms with E-state index in [2.05, 4.69) is 10.4 Å². The standard InChI is InChI=1S/C22H29N3O4/c1-14-9-10-15(2)19(13-14)25-20(26)12-11-18(24-25)22(28)29-16(3)21(27)23-17-7-5-4-6-8-17/h9-10,13,16-17H,4-8,11-12H2,1-3H3,(H,23,27). The second kappa shape index (κ2) is 9.20. The quantitative estimate of drug-likeness (QED) is 0.771. The van der Waals surface area contributed by atoms with E-state index in [4.69, 9.17) is 4.74 Å². The molecular weight excluding hydrogens is 370 g/mol. The van der Waals surface area contributed by atoms with Crippen molar-refractivity contribution in [3.63, 3.8) is 0 Å². The summed E-state index contributed by atoms with van der Waals surface area (Å²) in [5.74, 6) is -1.11. The number of rotatable bonds is 5. The van der Waals surface area contributed by atoms with Crippen LogP contribution in [-0.2, 0) is 19.1 Å². The molecule has 1 unspecified atom stereocenters. The van der Waals surface area contributed by atoms with Gasteiger partial charge in [0.2, 0.25) is 5.91 Å². The third-order valence-electron chi connectivity index (χ3n) is 5.47. The van der Waals surface area contributed by atoms with Crippen LogP contribution in [0.25, 0.3) is 0 Å². The summed E-state index contributed by atoms with van der Waals surface area (Å²) in [7, 11) is 0. The predicted octanol–water partition coefficient (Wildman–Crippen LogP) is 3.17. The summed E-state index contributed by atoms with van der Waals surface area (Å²) in [6.45, 7) is 5.39. The monoisotopic (exact) mass is 399 g/mol. The summed E-state index contributed by atoms with van der Waals surface area (Å²) in [6, 6.07) is 5.89. The van der Waals surface area contributed by atoms with Gasteiger partial charge >= 0.3 is 5.97 Å². The van der Waals surface area contributed by atoms with E-state index >= 15 is 0 Å². The highest BCUT2D eigenvalue weighted by Crippen LogP contribution is 2.25. The van der Waals surface area contributed by atoms with Gasteiger partial charge in [-0.1, -0.05) is 31.4 Å². The first-order chi connectivity index (χ1) is 13.8. The van der Waals surface area contributed by atoms with Crippen molar-refractivity contribution in [1.29, 1.82) is 0 Å². The largest absolute Gasteiger partial charge is 0.448 e. The molecule has 2 amide bonds. The molecule has 7 heteroatoms. The van der Waals surface area contributed by atoms with Crippen LogP contribution in [-0.4, -0.2) is 35.6 Å². The van der Waals surface area contributed by atoms with E-state index in [-0.39, 0.29) is 36.4 Å². The number of nitrogens with one attached hydrogen (secondary N) is 1. The normalized spacial score (nSPS) is 18.8.